The fourth-order valence-corrected chi connectivity index (χ4v) is 11.4. The summed E-state index contributed by atoms with van der Waals surface area (Å²) in [7, 11) is 0. The van der Waals surface area contributed by atoms with E-state index < -0.39 is 6.10 Å². The van der Waals surface area contributed by atoms with Gasteiger partial charge >= 0.3 is 17.9 Å². The van der Waals surface area contributed by atoms with Gasteiger partial charge < -0.3 is 14.2 Å². The van der Waals surface area contributed by atoms with E-state index in [1.807, 2.05) is 0 Å². The highest BCUT2D eigenvalue weighted by atomic mass is 16.6. The van der Waals surface area contributed by atoms with Crippen molar-refractivity contribution in [3.05, 3.63) is 24.3 Å². The first-order chi connectivity index (χ1) is 40.0. The topological polar surface area (TPSA) is 78.9 Å². The summed E-state index contributed by atoms with van der Waals surface area (Å²) in [6.07, 6.45) is 86.7. The van der Waals surface area contributed by atoms with Crippen molar-refractivity contribution in [1.82, 2.24) is 0 Å². The fraction of sp³-hybridized carbons (Fsp3) is 0.907. The lowest BCUT2D eigenvalue weighted by Crippen LogP contribution is -2.30. The minimum absolute atomic E-state index is 0.0668. The number of esters is 3. The number of carbonyl (C=O) groups is 3. The van der Waals surface area contributed by atoms with E-state index in [1.165, 1.54) is 315 Å². The molecule has 0 rings (SSSR count). The van der Waals surface area contributed by atoms with E-state index in [1.54, 1.807) is 0 Å². The molecule has 0 bridgehead atoms. The number of allylic oxidation sites excluding steroid dienone is 4. The van der Waals surface area contributed by atoms with E-state index in [-0.39, 0.29) is 31.1 Å². The van der Waals surface area contributed by atoms with Crippen LogP contribution in [0.4, 0.5) is 0 Å². The number of unbranched alkanes of at least 4 members (excludes halogenated alkanes) is 54. The molecule has 1 unspecified atom stereocenters. The van der Waals surface area contributed by atoms with Crippen LogP contribution in [0.3, 0.4) is 0 Å². The van der Waals surface area contributed by atoms with Gasteiger partial charge in [0.2, 0.25) is 0 Å². The molecule has 0 aliphatic carbocycles. The zero-order chi connectivity index (χ0) is 58.5. The molecule has 0 heterocycles. The van der Waals surface area contributed by atoms with Crippen LogP contribution in [0.1, 0.15) is 419 Å². The SMILES string of the molecule is CCCCCCC/C=C\C/C=C\CCCCCCCCCCCC(=O)OC(COC(=O)CCCCCCCCCCCC)COC(=O)CCCCCCCCCCCCCCCCCCCCCCCCCCCCCCCCCC. The zero-order valence-electron chi connectivity index (χ0n) is 55.1. The van der Waals surface area contributed by atoms with Gasteiger partial charge in [-0.25, -0.2) is 0 Å². The average molecular weight is 1140 g/mol. The summed E-state index contributed by atoms with van der Waals surface area (Å²) in [5, 5.41) is 0. The summed E-state index contributed by atoms with van der Waals surface area (Å²) in [6, 6.07) is 0. The summed E-state index contributed by atoms with van der Waals surface area (Å²) in [4.78, 5) is 38.3. The molecule has 0 aromatic rings. The third kappa shape index (κ3) is 68.6. The largest absolute Gasteiger partial charge is 0.462 e. The van der Waals surface area contributed by atoms with E-state index in [0.717, 1.165) is 64.2 Å². The molecule has 0 amide bonds. The molecule has 0 saturated carbocycles. The third-order valence-electron chi connectivity index (χ3n) is 17.0. The Morgan fingerprint density at radius 1 is 0.247 bits per heavy atom. The Labute approximate surface area is 506 Å². The Hall–Kier alpha value is -2.11. The monoisotopic (exact) mass is 1140 g/mol. The highest BCUT2D eigenvalue weighted by Gasteiger charge is 2.20. The first-order valence-electron chi connectivity index (χ1n) is 36.8. The van der Waals surface area contributed by atoms with Crippen molar-refractivity contribution in [2.45, 2.75) is 425 Å². The lowest BCUT2D eigenvalue weighted by atomic mass is 10.0. The molecule has 81 heavy (non-hydrogen) atoms. The molecular weight excluding hydrogens is 997 g/mol. The highest BCUT2D eigenvalue weighted by Crippen LogP contribution is 2.19. The van der Waals surface area contributed by atoms with Crippen LogP contribution in [0.2, 0.25) is 0 Å². The van der Waals surface area contributed by atoms with E-state index in [4.69, 9.17) is 14.2 Å². The van der Waals surface area contributed by atoms with Crippen molar-refractivity contribution in [2.75, 3.05) is 13.2 Å². The van der Waals surface area contributed by atoms with Crippen molar-refractivity contribution in [3.8, 4) is 0 Å². The number of carbonyl (C=O) groups excluding carboxylic acids is 3. The van der Waals surface area contributed by atoms with E-state index in [2.05, 4.69) is 45.1 Å². The van der Waals surface area contributed by atoms with Crippen molar-refractivity contribution in [2.24, 2.45) is 0 Å². The molecule has 0 aliphatic rings. The Morgan fingerprint density at radius 3 is 0.679 bits per heavy atom. The van der Waals surface area contributed by atoms with E-state index >= 15 is 0 Å². The van der Waals surface area contributed by atoms with Gasteiger partial charge in [-0.1, -0.05) is 373 Å². The zero-order valence-corrected chi connectivity index (χ0v) is 55.1. The van der Waals surface area contributed by atoms with Gasteiger partial charge in [-0.05, 0) is 51.4 Å². The molecule has 6 heteroatoms. The van der Waals surface area contributed by atoms with Crippen LogP contribution in [0.15, 0.2) is 24.3 Å². The number of ether oxygens (including phenoxy) is 3. The Morgan fingerprint density at radius 2 is 0.444 bits per heavy atom. The van der Waals surface area contributed by atoms with Gasteiger partial charge in [-0.3, -0.25) is 14.4 Å². The first kappa shape index (κ1) is 78.9. The predicted molar refractivity (Wildman–Crippen MR) is 353 cm³/mol. The van der Waals surface area contributed by atoms with Crippen molar-refractivity contribution >= 4 is 17.9 Å². The summed E-state index contributed by atoms with van der Waals surface area (Å²) in [5.74, 6) is -0.842. The summed E-state index contributed by atoms with van der Waals surface area (Å²) < 4.78 is 17.0. The molecular formula is C75H142O6. The van der Waals surface area contributed by atoms with E-state index in [9.17, 15) is 14.4 Å². The minimum atomic E-state index is -0.770. The molecule has 1 atom stereocenters. The van der Waals surface area contributed by atoms with Crippen molar-refractivity contribution in [3.63, 3.8) is 0 Å². The molecule has 0 N–H and O–H groups in total. The predicted octanol–water partition coefficient (Wildman–Crippen LogP) is 25.3. The van der Waals surface area contributed by atoms with Gasteiger partial charge in [-0.15, -0.1) is 0 Å². The minimum Gasteiger partial charge on any atom is -0.462 e. The maximum absolute atomic E-state index is 12.9. The Kier molecular flexibility index (Phi) is 68.5. The van der Waals surface area contributed by atoms with Crippen LogP contribution >= 0.6 is 0 Å². The van der Waals surface area contributed by atoms with Gasteiger partial charge in [-0.2, -0.15) is 0 Å². The standard InChI is InChI=1S/C75H142O6/c1-4-7-10-13-16-19-22-24-26-28-30-32-33-34-35-36-37-38-39-40-41-42-44-45-47-49-51-53-56-59-62-65-68-74(77)80-71-72(70-79-73(76)67-64-61-58-55-21-18-15-12-9-6-3)81-75(78)69-66-63-60-57-54-52-50-48-46-43-31-29-27-25-23-20-17-14-11-8-5-2/h23,25,29,31,72H,4-22,24,26-28,30,32-71H2,1-3H3/b25-23-,31-29-. The second-order valence-corrected chi connectivity index (χ2v) is 25.2. The van der Waals surface area contributed by atoms with Gasteiger partial charge in [0.1, 0.15) is 13.2 Å². The Balaban J connectivity index is 4.06. The molecule has 6 nitrogen and oxygen atoms in total. The third-order valence-corrected chi connectivity index (χ3v) is 17.0. The summed E-state index contributed by atoms with van der Waals surface area (Å²) >= 11 is 0. The Bertz CT molecular complexity index is 1310. The van der Waals surface area contributed by atoms with Crippen LogP contribution in [-0.4, -0.2) is 37.2 Å². The molecule has 0 aromatic heterocycles. The molecule has 0 radical (unpaired) electrons. The molecule has 0 aromatic carbocycles. The van der Waals surface area contributed by atoms with Crippen LogP contribution < -0.4 is 0 Å². The van der Waals surface area contributed by atoms with Gasteiger partial charge in [0.25, 0.3) is 0 Å². The van der Waals surface area contributed by atoms with Gasteiger partial charge in [0.05, 0.1) is 0 Å². The van der Waals surface area contributed by atoms with Crippen LogP contribution in [0.25, 0.3) is 0 Å². The molecule has 478 valence electrons. The van der Waals surface area contributed by atoms with Crippen LogP contribution in [-0.2, 0) is 28.6 Å². The average Bonchev–Trinajstić information content (AvgIpc) is 3.47. The normalized spacial score (nSPS) is 12.1. The molecule has 0 saturated heterocycles. The summed E-state index contributed by atoms with van der Waals surface area (Å²) in [5.41, 5.74) is 0. The van der Waals surface area contributed by atoms with Crippen molar-refractivity contribution in [1.29, 1.82) is 0 Å². The number of hydrogen-bond acceptors (Lipinski definition) is 6. The maximum atomic E-state index is 12.9. The maximum Gasteiger partial charge on any atom is 0.306 e. The van der Waals surface area contributed by atoms with Crippen molar-refractivity contribution < 1.29 is 28.6 Å². The first-order valence-corrected chi connectivity index (χ1v) is 36.8. The van der Waals surface area contributed by atoms with E-state index in [0.29, 0.717) is 19.3 Å². The lowest BCUT2D eigenvalue weighted by molar-refractivity contribution is -0.167. The summed E-state index contributed by atoms with van der Waals surface area (Å²) in [6.45, 7) is 6.69. The van der Waals surface area contributed by atoms with Crippen LogP contribution in [0, 0.1) is 0 Å². The lowest BCUT2D eigenvalue weighted by Gasteiger charge is -2.18. The molecule has 0 aliphatic heterocycles. The molecule has 0 fully saturated rings. The molecule has 0 spiro atoms. The van der Waals surface area contributed by atoms with Gasteiger partial charge in [0, 0.05) is 19.3 Å². The smallest absolute Gasteiger partial charge is 0.306 e. The highest BCUT2D eigenvalue weighted by molar-refractivity contribution is 5.71. The number of rotatable bonds is 69. The van der Waals surface area contributed by atoms with Crippen LogP contribution in [0.5, 0.6) is 0 Å². The number of hydrogen-bond donors (Lipinski definition) is 0. The second-order valence-electron chi connectivity index (χ2n) is 25.2. The van der Waals surface area contributed by atoms with Gasteiger partial charge in [0.15, 0.2) is 6.10 Å². The fourth-order valence-electron chi connectivity index (χ4n) is 11.4. The quantitative estimate of drug-likeness (QED) is 0.0261. The second kappa shape index (κ2) is 70.4.